The minimum Gasteiger partial charge on any atom is -0.354 e. The summed E-state index contributed by atoms with van der Waals surface area (Å²) in [5, 5.41) is 2.71. The highest BCUT2D eigenvalue weighted by molar-refractivity contribution is 5.85. The minimum absolute atomic E-state index is 0. The maximum atomic E-state index is 12.5. The minimum atomic E-state index is -4.34. The summed E-state index contributed by atoms with van der Waals surface area (Å²) in [5.41, 5.74) is 5.28. The van der Waals surface area contributed by atoms with Gasteiger partial charge in [0.25, 0.3) is 0 Å². The number of alkyl halides is 3. The van der Waals surface area contributed by atoms with Gasteiger partial charge in [-0.05, 0) is 37.5 Å². The van der Waals surface area contributed by atoms with Crippen molar-refractivity contribution in [1.82, 2.24) is 5.32 Å². The van der Waals surface area contributed by atoms with Gasteiger partial charge >= 0.3 is 6.18 Å². The second-order valence-electron chi connectivity index (χ2n) is 5.99. The van der Waals surface area contributed by atoms with E-state index in [0.29, 0.717) is 12.1 Å². The third-order valence-electron chi connectivity index (χ3n) is 3.04. The molecule has 1 rings (SSSR count). The van der Waals surface area contributed by atoms with Crippen LogP contribution in [0.5, 0.6) is 0 Å². The molecule has 7 heteroatoms. The normalized spacial score (nSPS) is 13.2. The summed E-state index contributed by atoms with van der Waals surface area (Å²) in [5.74, 6) is -0.325. The predicted molar refractivity (Wildman–Crippen MR) is 83.0 cm³/mol. The van der Waals surface area contributed by atoms with Crippen LogP contribution in [0.1, 0.15) is 44.2 Å². The van der Waals surface area contributed by atoms with Crippen molar-refractivity contribution in [3.63, 3.8) is 0 Å². The molecular formula is C15H22ClF3N2O. The first kappa shape index (κ1) is 20.7. The van der Waals surface area contributed by atoms with Crippen molar-refractivity contribution in [2.24, 2.45) is 5.73 Å². The van der Waals surface area contributed by atoms with Crippen LogP contribution in [-0.4, -0.2) is 18.0 Å². The van der Waals surface area contributed by atoms with E-state index in [4.69, 9.17) is 5.73 Å². The van der Waals surface area contributed by atoms with E-state index in [2.05, 4.69) is 5.32 Å². The van der Waals surface area contributed by atoms with Crippen molar-refractivity contribution < 1.29 is 18.0 Å². The second kappa shape index (κ2) is 7.83. The molecule has 0 fully saturated rings. The zero-order chi connectivity index (χ0) is 16.3. The fourth-order valence-corrected chi connectivity index (χ4v) is 1.80. The molecule has 0 heterocycles. The van der Waals surface area contributed by atoms with Gasteiger partial charge in [-0.2, -0.15) is 13.2 Å². The second-order valence-corrected chi connectivity index (χ2v) is 5.99. The molecule has 1 aromatic carbocycles. The number of nitrogens with two attached hydrogens (primary N) is 1. The van der Waals surface area contributed by atoms with Gasteiger partial charge < -0.3 is 11.1 Å². The van der Waals surface area contributed by atoms with Crippen LogP contribution in [0.15, 0.2) is 24.3 Å². The maximum Gasteiger partial charge on any atom is 0.416 e. The number of benzene rings is 1. The van der Waals surface area contributed by atoms with Crippen LogP contribution < -0.4 is 11.1 Å². The number of nitrogens with one attached hydrogen (secondary N) is 1. The SMILES string of the molecule is CC(CC(=O)NCC(C)(C)N)c1ccc(C(F)(F)F)cc1.Cl. The molecule has 1 amide bonds. The number of carbonyl (C=O) groups is 1. The molecule has 0 saturated heterocycles. The van der Waals surface area contributed by atoms with E-state index in [0.717, 1.165) is 12.1 Å². The summed E-state index contributed by atoms with van der Waals surface area (Å²) in [6.07, 6.45) is -4.13. The molecule has 1 atom stereocenters. The van der Waals surface area contributed by atoms with E-state index in [9.17, 15) is 18.0 Å². The molecule has 3 N–H and O–H groups in total. The first-order valence-corrected chi connectivity index (χ1v) is 6.72. The lowest BCUT2D eigenvalue weighted by atomic mass is 9.96. The standard InChI is InChI=1S/C15H21F3N2O.ClH/c1-10(8-13(21)20-9-14(2,3)19)11-4-6-12(7-5-11)15(16,17)18;/h4-7,10H,8-9,19H2,1-3H3,(H,20,21);1H. The number of hydrogen-bond donors (Lipinski definition) is 2. The van der Waals surface area contributed by atoms with Gasteiger partial charge in [0.15, 0.2) is 0 Å². The van der Waals surface area contributed by atoms with Gasteiger partial charge in [-0.15, -0.1) is 12.4 Å². The molecule has 0 aliphatic carbocycles. The Morgan fingerprint density at radius 2 is 1.73 bits per heavy atom. The highest BCUT2D eigenvalue weighted by Gasteiger charge is 2.30. The van der Waals surface area contributed by atoms with Gasteiger partial charge in [0, 0.05) is 18.5 Å². The Balaban J connectivity index is 0.00000441. The van der Waals surface area contributed by atoms with Crippen LogP contribution in [0.4, 0.5) is 13.2 Å². The molecule has 1 unspecified atom stereocenters. The fraction of sp³-hybridized carbons (Fsp3) is 0.533. The molecule has 126 valence electrons. The number of amides is 1. The van der Waals surface area contributed by atoms with Gasteiger partial charge in [0.1, 0.15) is 0 Å². The van der Waals surface area contributed by atoms with Crippen molar-refractivity contribution in [3.05, 3.63) is 35.4 Å². The lowest BCUT2D eigenvalue weighted by Crippen LogP contribution is -2.45. The summed E-state index contributed by atoms with van der Waals surface area (Å²) < 4.78 is 37.4. The number of halogens is 4. The molecule has 0 aliphatic heterocycles. The molecule has 0 aliphatic rings. The molecule has 0 radical (unpaired) electrons. The quantitative estimate of drug-likeness (QED) is 0.863. The lowest BCUT2D eigenvalue weighted by molar-refractivity contribution is -0.137. The first-order valence-electron chi connectivity index (χ1n) is 6.72. The number of carbonyl (C=O) groups excluding carboxylic acids is 1. The van der Waals surface area contributed by atoms with Crippen LogP contribution in [-0.2, 0) is 11.0 Å². The topological polar surface area (TPSA) is 55.1 Å². The maximum absolute atomic E-state index is 12.5. The predicted octanol–water partition coefficient (Wildman–Crippen LogP) is 3.47. The highest BCUT2D eigenvalue weighted by atomic mass is 35.5. The Kier molecular flexibility index (Phi) is 7.38. The van der Waals surface area contributed by atoms with Gasteiger partial charge in [-0.1, -0.05) is 19.1 Å². The van der Waals surface area contributed by atoms with Crippen molar-refractivity contribution in [3.8, 4) is 0 Å². The average Bonchev–Trinajstić information content (AvgIpc) is 2.34. The molecule has 0 saturated carbocycles. The van der Waals surface area contributed by atoms with Gasteiger partial charge in [-0.25, -0.2) is 0 Å². The van der Waals surface area contributed by atoms with Gasteiger partial charge in [0.05, 0.1) is 5.56 Å². The van der Waals surface area contributed by atoms with E-state index in [1.807, 2.05) is 0 Å². The van der Waals surface area contributed by atoms with E-state index in [1.165, 1.54) is 12.1 Å². The molecule has 3 nitrogen and oxygen atoms in total. The van der Waals surface area contributed by atoms with Crippen LogP contribution >= 0.6 is 12.4 Å². The lowest BCUT2D eigenvalue weighted by Gasteiger charge is -2.20. The van der Waals surface area contributed by atoms with Gasteiger partial charge in [0.2, 0.25) is 5.91 Å². The summed E-state index contributed by atoms with van der Waals surface area (Å²) >= 11 is 0. The molecular weight excluding hydrogens is 317 g/mol. The smallest absolute Gasteiger partial charge is 0.354 e. The van der Waals surface area contributed by atoms with E-state index in [-0.39, 0.29) is 30.7 Å². The summed E-state index contributed by atoms with van der Waals surface area (Å²) in [4.78, 5) is 11.8. The molecule has 0 bridgehead atoms. The highest BCUT2D eigenvalue weighted by Crippen LogP contribution is 2.30. The van der Waals surface area contributed by atoms with Crippen molar-refractivity contribution in [1.29, 1.82) is 0 Å². The molecule has 0 spiro atoms. The monoisotopic (exact) mass is 338 g/mol. The van der Waals surface area contributed by atoms with E-state index in [1.54, 1.807) is 20.8 Å². The van der Waals surface area contributed by atoms with Gasteiger partial charge in [-0.3, -0.25) is 4.79 Å². The Morgan fingerprint density at radius 3 is 2.14 bits per heavy atom. The average molecular weight is 339 g/mol. The Morgan fingerprint density at radius 1 is 1.23 bits per heavy atom. The largest absolute Gasteiger partial charge is 0.416 e. The summed E-state index contributed by atoms with van der Waals surface area (Å²) in [6.45, 7) is 5.75. The molecule has 22 heavy (non-hydrogen) atoms. The van der Waals surface area contributed by atoms with Crippen molar-refractivity contribution >= 4 is 18.3 Å². The summed E-state index contributed by atoms with van der Waals surface area (Å²) in [6, 6.07) is 4.89. The fourth-order valence-electron chi connectivity index (χ4n) is 1.80. The van der Waals surface area contributed by atoms with E-state index < -0.39 is 17.3 Å². The van der Waals surface area contributed by atoms with E-state index >= 15 is 0 Å². The zero-order valence-electron chi connectivity index (χ0n) is 12.8. The molecule has 1 aromatic rings. The number of hydrogen-bond acceptors (Lipinski definition) is 2. The third kappa shape index (κ3) is 7.13. The van der Waals surface area contributed by atoms with Crippen LogP contribution in [0.2, 0.25) is 0 Å². The third-order valence-corrected chi connectivity index (χ3v) is 3.04. The Hall–Kier alpha value is -1.27. The van der Waals surface area contributed by atoms with Crippen molar-refractivity contribution in [2.75, 3.05) is 6.54 Å². The van der Waals surface area contributed by atoms with Crippen molar-refractivity contribution in [2.45, 2.75) is 44.8 Å². The first-order chi connectivity index (χ1) is 9.49. The Labute approximate surface area is 134 Å². The molecule has 0 aromatic heterocycles. The Bertz CT molecular complexity index is 481. The van der Waals surface area contributed by atoms with Crippen LogP contribution in [0.25, 0.3) is 0 Å². The zero-order valence-corrected chi connectivity index (χ0v) is 13.6. The summed E-state index contributed by atoms with van der Waals surface area (Å²) in [7, 11) is 0. The van der Waals surface area contributed by atoms with Crippen LogP contribution in [0, 0.1) is 0 Å². The van der Waals surface area contributed by atoms with Crippen LogP contribution in [0.3, 0.4) is 0 Å². The number of rotatable bonds is 5.